The molecule has 0 aliphatic heterocycles. The molecule has 0 saturated carbocycles. The number of hydrogen-bond acceptors (Lipinski definition) is 4. The van der Waals surface area contributed by atoms with Gasteiger partial charge in [-0.3, -0.25) is 0 Å². The van der Waals surface area contributed by atoms with E-state index >= 15 is 0 Å². The number of methoxy groups -OCH3 is 3. The molecule has 7 heteroatoms. The van der Waals surface area contributed by atoms with Gasteiger partial charge in [0.15, 0.2) is 11.5 Å². The molecule has 0 unspecified atom stereocenters. The second kappa shape index (κ2) is 5.67. The van der Waals surface area contributed by atoms with Crippen LogP contribution in [0.3, 0.4) is 0 Å². The fraction of sp³-hybridized carbons (Fsp3) is 0.300. The Labute approximate surface area is 113 Å². The Balaban J connectivity index is 3.65. The average Bonchev–Trinajstić information content (AvgIpc) is 2.29. The van der Waals surface area contributed by atoms with E-state index in [9.17, 15) is 4.79 Å². The van der Waals surface area contributed by atoms with Gasteiger partial charge in [0.2, 0.25) is 0 Å². The highest BCUT2D eigenvalue weighted by molar-refractivity contribution is 6.45. The second-order valence-corrected chi connectivity index (χ2v) is 4.01. The van der Waals surface area contributed by atoms with Crippen LogP contribution in [-0.4, -0.2) is 27.3 Å². The number of carbonyl (C=O) groups is 1. The van der Waals surface area contributed by atoms with Gasteiger partial charge in [-0.05, 0) is 0 Å². The molecule has 0 aliphatic rings. The van der Waals surface area contributed by atoms with Crippen LogP contribution in [-0.2, 0) is 4.74 Å². The standard InChI is InChI=1S/C10H9Cl3O4/c1-15-8-5(11)4(10(14)17-3)6(12)9(16-2)7(8)13/h1-3H3. The van der Waals surface area contributed by atoms with Crippen molar-refractivity contribution in [1.29, 1.82) is 0 Å². The molecular formula is C10H9Cl3O4. The van der Waals surface area contributed by atoms with Crippen molar-refractivity contribution in [3.8, 4) is 11.5 Å². The molecule has 0 heterocycles. The van der Waals surface area contributed by atoms with E-state index in [-0.39, 0.29) is 32.1 Å². The monoisotopic (exact) mass is 298 g/mol. The zero-order chi connectivity index (χ0) is 13.2. The number of halogens is 3. The van der Waals surface area contributed by atoms with Crippen molar-refractivity contribution in [3.05, 3.63) is 20.6 Å². The molecule has 1 aromatic carbocycles. The minimum Gasteiger partial charge on any atom is -0.493 e. The maximum atomic E-state index is 11.6. The van der Waals surface area contributed by atoms with E-state index in [0.717, 1.165) is 0 Å². The Morgan fingerprint density at radius 1 is 0.882 bits per heavy atom. The van der Waals surface area contributed by atoms with Gasteiger partial charge in [-0.1, -0.05) is 34.8 Å². The number of rotatable bonds is 3. The van der Waals surface area contributed by atoms with E-state index in [0.29, 0.717) is 0 Å². The summed E-state index contributed by atoms with van der Waals surface area (Å²) in [7, 11) is 3.94. The predicted octanol–water partition coefficient (Wildman–Crippen LogP) is 3.45. The van der Waals surface area contributed by atoms with Crippen LogP contribution >= 0.6 is 34.8 Å². The van der Waals surface area contributed by atoms with Crippen molar-refractivity contribution < 1.29 is 19.0 Å². The molecular weight excluding hydrogens is 290 g/mol. The second-order valence-electron chi connectivity index (χ2n) is 2.88. The summed E-state index contributed by atoms with van der Waals surface area (Å²) in [5.41, 5.74) is -0.0473. The summed E-state index contributed by atoms with van der Waals surface area (Å²) in [5.74, 6) is -0.488. The van der Waals surface area contributed by atoms with E-state index in [4.69, 9.17) is 44.3 Å². The third kappa shape index (κ3) is 2.39. The summed E-state index contributed by atoms with van der Waals surface area (Å²) in [4.78, 5) is 11.6. The molecule has 0 radical (unpaired) electrons. The highest BCUT2D eigenvalue weighted by Crippen LogP contribution is 2.47. The zero-order valence-corrected chi connectivity index (χ0v) is 11.5. The summed E-state index contributed by atoms with van der Waals surface area (Å²) in [6.45, 7) is 0. The van der Waals surface area contributed by atoms with E-state index in [1.54, 1.807) is 0 Å². The van der Waals surface area contributed by atoms with Crippen LogP contribution in [0.1, 0.15) is 10.4 Å². The normalized spacial score (nSPS) is 10.0. The number of ether oxygens (including phenoxy) is 3. The number of esters is 1. The van der Waals surface area contributed by atoms with Gasteiger partial charge in [0, 0.05) is 0 Å². The van der Waals surface area contributed by atoms with Gasteiger partial charge >= 0.3 is 5.97 Å². The first kappa shape index (κ1) is 14.2. The summed E-state index contributed by atoms with van der Waals surface area (Å²) >= 11 is 17.9. The molecule has 0 spiro atoms. The lowest BCUT2D eigenvalue weighted by Crippen LogP contribution is -2.06. The molecule has 0 aliphatic carbocycles. The Morgan fingerprint density at radius 3 is 1.59 bits per heavy atom. The van der Waals surface area contributed by atoms with Crippen LogP contribution in [0, 0.1) is 0 Å². The third-order valence-corrected chi connectivity index (χ3v) is 3.10. The zero-order valence-electron chi connectivity index (χ0n) is 9.27. The molecule has 0 saturated heterocycles. The topological polar surface area (TPSA) is 44.8 Å². The average molecular weight is 300 g/mol. The van der Waals surface area contributed by atoms with Crippen LogP contribution in [0.15, 0.2) is 0 Å². The number of hydrogen-bond donors (Lipinski definition) is 0. The minimum absolute atomic E-state index is 0.0184. The van der Waals surface area contributed by atoms with Gasteiger partial charge < -0.3 is 14.2 Å². The van der Waals surface area contributed by atoms with Crippen LogP contribution in [0.4, 0.5) is 0 Å². The Bertz CT molecular complexity index is 428. The van der Waals surface area contributed by atoms with E-state index in [1.165, 1.54) is 21.3 Å². The number of carbonyl (C=O) groups excluding carboxylic acids is 1. The molecule has 0 atom stereocenters. The Hall–Kier alpha value is -0.840. The van der Waals surface area contributed by atoms with Crippen molar-refractivity contribution in [3.63, 3.8) is 0 Å². The van der Waals surface area contributed by atoms with Gasteiger partial charge in [0.05, 0.1) is 21.3 Å². The molecule has 4 nitrogen and oxygen atoms in total. The maximum absolute atomic E-state index is 11.6. The van der Waals surface area contributed by atoms with Gasteiger partial charge in [-0.15, -0.1) is 0 Å². The fourth-order valence-corrected chi connectivity index (χ4v) is 2.43. The smallest absolute Gasteiger partial charge is 0.341 e. The molecule has 0 fully saturated rings. The SMILES string of the molecule is COC(=O)c1c(Cl)c(OC)c(Cl)c(OC)c1Cl. The lowest BCUT2D eigenvalue weighted by Gasteiger charge is -2.15. The lowest BCUT2D eigenvalue weighted by atomic mass is 10.2. The van der Waals surface area contributed by atoms with Gasteiger partial charge in [-0.2, -0.15) is 0 Å². The minimum atomic E-state index is -0.701. The molecule has 0 N–H and O–H groups in total. The van der Waals surface area contributed by atoms with Crippen molar-refractivity contribution in [1.82, 2.24) is 0 Å². The quantitative estimate of drug-likeness (QED) is 0.802. The molecule has 0 amide bonds. The lowest BCUT2D eigenvalue weighted by molar-refractivity contribution is 0.0600. The van der Waals surface area contributed by atoms with Gasteiger partial charge in [0.1, 0.15) is 20.6 Å². The first-order valence-corrected chi connectivity index (χ1v) is 5.49. The van der Waals surface area contributed by atoms with Crippen LogP contribution in [0.2, 0.25) is 15.1 Å². The first-order chi connectivity index (χ1) is 7.99. The highest BCUT2D eigenvalue weighted by atomic mass is 35.5. The van der Waals surface area contributed by atoms with Gasteiger partial charge in [-0.25, -0.2) is 4.79 Å². The third-order valence-electron chi connectivity index (χ3n) is 2.03. The summed E-state index contributed by atoms with van der Waals surface area (Å²) in [6.07, 6.45) is 0. The summed E-state index contributed by atoms with van der Waals surface area (Å²) in [6, 6.07) is 0. The molecule has 17 heavy (non-hydrogen) atoms. The Morgan fingerprint density at radius 2 is 1.29 bits per heavy atom. The largest absolute Gasteiger partial charge is 0.493 e. The van der Waals surface area contributed by atoms with E-state index < -0.39 is 5.97 Å². The van der Waals surface area contributed by atoms with Crippen LogP contribution in [0.25, 0.3) is 0 Å². The van der Waals surface area contributed by atoms with Crippen molar-refractivity contribution in [2.24, 2.45) is 0 Å². The van der Waals surface area contributed by atoms with Crippen molar-refractivity contribution in [2.75, 3.05) is 21.3 Å². The summed E-state index contributed by atoms with van der Waals surface area (Å²) < 4.78 is 14.6. The van der Waals surface area contributed by atoms with Crippen LogP contribution < -0.4 is 9.47 Å². The summed E-state index contributed by atoms with van der Waals surface area (Å²) in [5, 5.41) is 0.0583. The van der Waals surface area contributed by atoms with E-state index in [2.05, 4.69) is 4.74 Å². The predicted molar refractivity (Wildman–Crippen MR) is 65.9 cm³/mol. The molecule has 0 aromatic heterocycles. The fourth-order valence-electron chi connectivity index (χ4n) is 1.26. The highest BCUT2D eigenvalue weighted by Gasteiger charge is 2.27. The van der Waals surface area contributed by atoms with Crippen molar-refractivity contribution >= 4 is 40.8 Å². The van der Waals surface area contributed by atoms with Crippen molar-refractivity contribution in [2.45, 2.75) is 0 Å². The van der Waals surface area contributed by atoms with Crippen LogP contribution in [0.5, 0.6) is 11.5 Å². The molecule has 1 rings (SSSR count). The number of benzene rings is 1. The Kier molecular flexibility index (Phi) is 4.74. The van der Waals surface area contributed by atoms with Gasteiger partial charge in [0.25, 0.3) is 0 Å². The molecule has 1 aromatic rings. The molecule has 0 bridgehead atoms. The maximum Gasteiger partial charge on any atom is 0.341 e. The first-order valence-electron chi connectivity index (χ1n) is 4.36. The molecule has 94 valence electrons. The van der Waals surface area contributed by atoms with E-state index in [1.807, 2.05) is 0 Å².